The van der Waals surface area contributed by atoms with Crippen molar-refractivity contribution in [2.24, 2.45) is 11.8 Å². The fourth-order valence-corrected chi connectivity index (χ4v) is 3.07. The molecular formula is C31H72O2S2. The first-order valence-corrected chi connectivity index (χ1v) is 15.8. The molecule has 0 aromatic carbocycles. The van der Waals surface area contributed by atoms with Crippen molar-refractivity contribution in [3.8, 4) is 0 Å². The maximum absolute atomic E-state index is 8.26. The molecule has 1 N–H and O–H groups in total. The molecule has 2 atom stereocenters. The first kappa shape index (κ1) is 51.7. The van der Waals surface area contributed by atoms with Crippen molar-refractivity contribution in [1.82, 2.24) is 0 Å². The second kappa shape index (κ2) is 54.8. The van der Waals surface area contributed by atoms with Gasteiger partial charge in [0.05, 0.1) is 10.7 Å². The first-order chi connectivity index (χ1) is 16.6. The molecule has 0 saturated carbocycles. The Morgan fingerprint density at radius 1 is 0.943 bits per heavy atom. The summed E-state index contributed by atoms with van der Waals surface area (Å²) in [7, 11) is 0. The highest BCUT2D eigenvalue weighted by Gasteiger charge is 2.12. The third-order valence-electron chi connectivity index (χ3n) is 3.77. The minimum atomic E-state index is -0.145. The summed E-state index contributed by atoms with van der Waals surface area (Å²) in [5, 5.41) is 8.26. The zero-order chi connectivity index (χ0) is 29.6. The van der Waals surface area contributed by atoms with Gasteiger partial charge >= 0.3 is 0 Å². The van der Waals surface area contributed by atoms with Gasteiger partial charge in [0, 0.05) is 0 Å². The highest BCUT2D eigenvalue weighted by atomic mass is 32.2. The van der Waals surface area contributed by atoms with Crippen LogP contribution in [0.5, 0.6) is 0 Å². The zero-order valence-electron chi connectivity index (χ0n) is 27.2. The summed E-state index contributed by atoms with van der Waals surface area (Å²) in [6.07, 6.45) is 13.4. The van der Waals surface area contributed by atoms with Gasteiger partial charge in [-0.3, -0.25) is 0 Å². The van der Waals surface area contributed by atoms with E-state index in [9.17, 15) is 0 Å². The monoisotopic (exact) mass is 540 g/mol. The Hall–Kier alpha value is 0.1000. The van der Waals surface area contributed by atoms with Gasteiger partial charge in [0.1, 0.15) is 6.79 Å². The standard InChI is InChI=1S/C8H16S2.C7H16O2.C6H14.C3H8.C3H6.2C2H6/c1-4-6-7-8(3,9)10-5-2;1-3-4-7(2)5-9-6-8;1-4-6(3)5-2;2*1-3-2;2*1-2/h6-7,9H,4-5H2,1-3H3;7-8H,3-6H2,1-2H3;6H,4-5H2,1-3H3;3H2,1-2H3;3H,1H2,2H3;2*1-2H3/b7-6+;;;;;;/t;7-;;;;;/m.0...../s1. The summed E-state index contributed by atoms with van der Waals surface area (Å²) in [6, 6.07) is 0. The van der Waals surface area contributed by atoms with E-state index in [4.69, 9.17) is 9.84 Å². The molecule has 0 aliphatic carbocycles. The van der Waals surface area contributed by atoms with E-state index in [1.54, 1.807) is 6.08 Å². The van der Waals surface area contributed by atoms with E-state index in [1.165, 1.54) is 32.1 Å². The number of aliphatic hydroxyl groups is 1. The molecule has 1 unspecified atom stereocenters. The van der Waals surface area contributed by atoms with Crippen LogP contribution in [0.25, 0.3) is 0 Å². The molecule has 0 bridgehead atoms. The third kappa shape index (κ3) is 87.0. The second-order valence-corrected chi connectivity index (χ2v) is 10.7. The van der Waals surface area contributed by atoms with E-state index in [0.29, 0.717) is 12.5 Å². The van der Waals surface area contributed by atoms with Gasteiger partial charge in [-0.15, -0.1) is 18.3 Å². The topological polar surface area (TPSA) is 29.5 Å². The van der Waals surface area contributed by atoms with Crippen LogP contribution >= 0.6 is 24.4 Å². The van der Waals surface area contributed by atoms with Crippen LogP contribution in [0.15, 0.2) is 24.8 Å². The third-order valence-corrected chi connectivity index (χ3v) is 5.31. The van der Waals surface area contributed by atoms with Crippen LogP contribution in [0, 0.1) is 11.8 Å². The van der Waals surface area contributed by atoms with Crippen LogP contribution in [-0.2, 0) is 4.74 Å². The van der Waals surface area contributed by atoms with Crippen LogP contribution in [0.4, 0.5) is 0 Å². The largest absolute Gasteiger partial charge is 0.371 e. The van der Waals surface area contributed by atoms with Gasteiger partial charge in [-0.2, -0.15) is 12.6 Å². The lowest BCUT2D eigenvalue weighted by atomic mass is 10.1. The summed E-state index contributed by atoms with van der Waals surface area (Å²) >= 11 is 6.33. The molecule has 0 aromatic heterocycles. The van der Waals surface area contributed by atoms with Gasteiger partial charge in [0.25, 0.3) is 0 Å². The van der Waals surface area contributed by atoms with Crippen LogP contribution in [0.3, 0.4) is 0 Å². The van der Waals surface area contributed by atoms with E-state index in [0.717, 1.165) is 18.1 Å². The van der Waals surface area contributed by atoms with Gasteiger partial charge < -0.3 is 9.84 Å². The van der Waals surface area contributed by atoms with Crippen molar-refractivity contribution < 1.29 is 9.84 Å². The van der Waals surface area contributed by atoms with E-state index in [2.05, 4.69) is 101 Å². The van der Waals surface area contributed by atoms with E-state index < -0.39 is 0 Å². The molecule has 0 spiro atoms. The lowest BCUT2D eigenvalue weighted by Gasteiger charge is -2.16. The molecule has 220 valence electrons. The molecular weight excluding hydrogens is 468 g/mol. The van der Waals surface area contributed by atoms with Gasteiger partial charge in [-0.05, 0) is 44.3 Å². The molecule has 0 fully saturated rings. The molecule has 4 heteroatoms. The Kier molecular flexibility index (Phi) is 81.0. The molecule has 0 heterocycles. The Labute approximate surface area is 236 Å². The van der Waals surface area contributed by atoms with Gasteiger partial charge in [0.2, 0.25) is 0 Å². The van der Waals surface area contributed by atoms with Crippen LogP contribution < -0.4 is 0 Å². The quantitative estimate of drug-likeness (QED) is 0.155. The van der Waals surface area contributed by atoms with Crippen LogP contribution in [0.1, 0.15) is 142 Å². The second-order valence-electron chi connectivity index (χ2n) is 7.73. The Morgan fingerprint density at radius 3 is 1.57 bits per heavy atom. The summed E-state index contributed by atoms with van der Waals surface area (Å²) in [6.45, 7) is 35.5. The maximum Gasteiger partial charge on any atom is 0.143 e. The SMILES string of the molecule is C=CC.CC.CC.CC/C=C/C(C)(S)SCC.CCC.CCC(C)CC.CCC[C@H](C)COCO. The van der Waals surface area contributed by atoms with Crippen LogP contribution in [0.2, 0.25) is 0 Å². The van der Waals surface area contributed by atoms with Crippen LogP contribution in [-0.4, -0.2) is 28.3 Å². The Bertz CT molecular complexity index is 315. The van der Waals surface area contributed by atoms with Gasteiger partial charge in [-0.1, -0.05) is 134 Å². The van der Waals surface area contributed by atoms with Crippen molar-refractivity contribution in [3.05, 3.63) is 24.8 Å². The first-order valence-electron chi connectivity index (χ1n) is 14.4. The number of allylic oxidation sites excluding steroid dienone is 2. The number of ether oxygens (including phenoxy) is 1. The summed E-state index contributed by atoms with van der Waals surface area (Å²) in [5.41, 5.74) is 0. The van der Waals surface area contributed by atoms with Crippen molar-refractivity contribution in [2.75, 3.05) is 19.2 Å². The predicted octanol–water partition coefficient (Wildman–Crippen LogP) is 11.8. The number of rotatable bonds is 11. The maximum atomic E-state index is 8.26. The fraction of sp³-hybridized carbons (Fsp3) is 0.871. The average Bonchev–Trinajstić information content (AvgIpc) is 2.85. The van der Waals surface area contributed by atoms with E-state index in [1.807, 2.05) is 46.4 Å². The number of thioether (sulfide) groups is 1. The fourth-order valence-electron chi connectivity index (χ4n) is 1.80. The van der Waals surface area contributed by atoms with E-state index in [-0.39, 0.29) is 10.9 Å². The summed E-state index contributed by atoms with van der Waals surface area (Å²) in [5.74, 6) is 2.64. The normalized spacial score (nSPS) is 11.5. The Morgan fingerprint density at radius 2 is 1.34 bits per heavy atom. The lowest BCUT2D eigenvalue weighted by Crippen LogP contribution is -2.06. The average molecular weight is 541 g/mol. The summed E-state index contributed by atoms with van der Waals surface area (Å²) < 4.78 is 4.84. The van der Waals surface area contributed by atoms with Crippen molar-refractivity contribution in [1.29, 1.82) is 0 Å². The van der Waals surface area contributed by atoms with Crippen molar-refractivity contribution in [2.45, 2.75) is 146 Å². The molecule has 35 heavy (non-hydrogen) atoms. The zero-order valence-corrected chi connectivity index (χ0v) is 28.9. The highest BCUT2D eigenvalue weighted by Crippen LogP contribution is 2.30. The molecule has 2 nitrogen and oxygen atoms in total. The number of hydrogen-bond acceptors (Lipinski definition) is 4. The van der Waals surface area contributed by atoms with Crippen molar-refractivity contribution in [3.63, 3.8) is 0 Å². The molecule has 0 aromatic rings. The number of aliphatic hydroxyl groups excluding tert-OH is 1. The van der Waals surface area contributed by atoms with Crippen molar-refractivity contribution >= 4 is 24.4 Å². The molecule has 0 aliphatic rings. The lowest BCUT2D eigenvalue weighted by molar-refractivity contribution is -0.0162. The molecule has 0 rings (SSSR count). The van der Waals surface area contributed by atoms with Gasteiger partial charge in [-0.25, -0.2) is 0 Å². The molecule has 0 aliphatic heterocycles. The minimum absolute atomic E-state index is 0.0325. The Balaban J connectivity index is -0.0000000574. The molecule has 0 radical (unpaired) electrons. The summed E-state index contributed by atoms with van der Waals surface area (Å²) in [4.78, 5) is 0. The smallest absolute Gasteiger partial charge is 0.143 e. The highest BCUT2D eigenvalue weighted by molar-refractivity contribution is 8.11. The molecule has 0 saturated heterocycles. The minimum Gasteiger partial charge on any atom is -0.371 e. The number of thiol groups is 1. The predicted molar refractivity (Wildman–Crippen MR) is 176 cm³/mol. The van der Waals surface area contributed by atoms with E-state index >= 15 is 0 Å². The van der Waals surface area contributed by atoms with Gasteiger partial charge in [0.15, 0.2) is 0 Å². The number of hydrogen-bond donors (Lipinski definition) is 2. The molecule has 0 amide bonds.